The van der Waals surface area contributed by atoms with Gasteiger partial charge in [0.1, 0.15) is 11.4 Å². The Bertz CT molecular complexity index is 1060. The minimum Gasteiger partial charge on any atom is -0.464 e. The molecule has 0 saturated carbocycles. The maximum atomic E-state index is 5.49. The van der Waals surface area contributed by atoms with Gasteiger partial charge >= 0.3 is 0 Å². The highest BCUT2D eigenvalue weighted by atomic mass is 16.3. The molecule has 8 heteroatoms. The van der Waals surface area contributed by atoms with Crippen LogP contribution in [0.3, 0.4) is 0 Å². The van der Waals surface area contributed by atoms with Crippen LogP contribution >= 0.6 is 0 Å². The molecule has 5 heterocycles. The van der Waals surface area contributed by atoms with Crippen LogP contribution in [0.4, 0.5) is 11.6 Å². The summed E-state index contributed by atoms with van der Waals surface area (Å²) in [6, 6.07) is 9.78. The Morgan fingerprint density at radius 2 is 1.67 bits per heavy atom. The number of anilines is 2. The van der Waals surface area contributed by atoms with E-state index >= 15 is 0 Å². The highest BCUT2D eigenvalue weighted by Crippen LogP contribution is 2.26. The molecule has 0 amide bonds. The third-order valence-electron chi connectivity index (χ3n) is 4.86. The lowest BCUT2D eigenvalue weighted by Gasteiger charge is -2.36. The van der Waals surface area contributed by atoms with E-state index in [2.05, 4.69) is 30.1 Å². The van der Waals surface area contributed by atoms with E-state index in [-0.39, 0.29) is 0 Å². The second kappa shape index (κ2) is 6.39. The minimum absolute atomic E-state index is 0.723. The van der Waals surface area contributed by atoms with E-state index in [1.807, 2.05) is 43.5 Å². The van der Waals surface area contributed by atoms with Crippen molar-refractivity contribution in [3.05, 3.63) is 54.7 Å². The van der Waals surface area contributed by atoms with Gasteiger partial charge in [-0.1, -0.05) is 0 Å². The smallest absolute Gasteiger partial charge is 0.175 e. The van der Waals surface area contributed by atoms with Gasteiger partial charge in [0.2, 0.25) is 0 Å². The molecule has 0 spiro atoms. The first-order valence-corrected chi connectivity index (χ1v) is 8.96. The SMILES string of the molecule is Cc1ccn(-c2ccc(N3CCN(c4nccc5occc45)CC3)nn2)n1. The standard InChI is InChI=1S/C19H19N7O/c1-14-5-8-26(23-14)18-3-2-17(21-22-18)24-9-11-25(12-10-24)19-15-6-13-27-16(15)4-7-20-19/h2-8,13H,9-12H2,1H3. The van der Waals surface area contributed by atoms with Crippen molar-refractivity contribution in [2.75, 3.05) is 36.0 Å². The largest absolute Gasteiger partial charge is 0.464 e. The zero-order valence-corrected chi connectivity index (χ0v) is 15.0. The highest BCUT2D eigenvalue weighted by molar-refractivity contribution is 5.88. The molecule has 0 unspecified atom stereocenters. The monoisotopic (exact) mass is 361 g/mol. The van der Waals surface area contributed by atoms with E-state index in [0.29, 0.717) is 0 Å². The molecule has 0 bridgehead atoms. The molecule has 27 heavy (non-hydrogen) atoms. The van der Waals surface area contributed by atoms with Crippen LogP contribution in [-0.2, 0) is 0 Å². The third-order valence-corrected chi connectivity index (χ3v) is 4.86. The van der Waals surface area contributed by atoms with E-state index in [4.69, 9.17) is 4.42 Å². The molecule has 5 rings (SSSR count). The molecule has 136 valence electrons. The van der Waals surface area contributed by atoms with Crippen LogP contribution in [0.2, 0.25) is 0 Å². The summed E-state index contributed by atoms with van der Waals surface area (Å²) in [5.41, 5.74) is 1.83. The number of furan rings is 1. The van der Waals surface area contributed by atoms with Crippen LogP contribution < -0.4 is 9.80 Å². The summed E-state index contributed by atoms with van der Waals surface area (Å²) < 4.78 is 7.22. The summed E-state index contributed by atoms with van der Waals surface area (Å²) in [6.07, 6.45) is 5.40. The predicted octanol–water partition coefficient (Wildman–Crippen LogP) is 2.44. The van der Waals surface area contributed by atoms with E-state index in [1.54, 1.807) is 17.1 Å². The van der Waals surface area contributed by atoms with Crippen molar-refractivity contribution in [3.8, 4) is 5.82 Å². The Morgan fingerprint density at radius 3 is 2.41 bits per heavy atom. The molecule has 0 N–H and O–H groups in total. The van der Waals surface area contributed by atoms with Gasteiger partial charge in [-0.05, 0) is 37.3 Å². The van der Waals surface area contributed by atoms with Crippen molar-refractivity contribution >= 4 is 22.6 Å². The van der Waals surface area contributed by atoms with E-state index < -0.39 is 0 Å². The van der Waals surface area contributed by atoms with E-state index in [1.165, 1.54) is 0 Å². The summed E-state index contributed by atoms with van der Waals surface area (Å²) in [6.45, 7) is 5.43. The molecule has 4 aromatic heterocycles. The molecular formula is C19H19N7O. The van der Waals surface area contributed by atoms with Crippen molar-refractivity contribution in [2.45, 2.75) is 6.92 Å². The Morgan fingerprint density at radius 1 is 0.889 bits per heavy atom. The van der Waals surface area contributed by atoms with Crippen molar-refractivity contribution < 1.29 is 4.42 Å². The van der Waals surface area contributed by atoms with Gasteiger partial charge in [-0.15, -0.1) is 10.2 Å². The first-order valence-electron chi connectivity index (χ1n) is 8.96. The fraction of sp³-hybridized carbons (Fsp3) is 0.263. The topological polar surface area (TPSA) is 76.1 Å². The zero-order valence-electron chi connectivity index (χ0n) is 15.0. The number of piperazine rings is 1. The fourth-order valence-electron chi connectivity index (χ4n) is 3.43. The quantitative estimate of drug-likeness (QED) is 0.555. The lowest BCUT2D eigenvalue weighted by atomic mass is 10.2. The molecule has 4 aromatic rings. The van der Waals surface area contributed by atoms with Crippen molar-refractivity contribution in [1.29, 1.82) is 0 Å². The van der Waals surface area contributed by atoms with Crippen molar-refractivity contribution in [3.63, 3.8) is 0 Å². The second-order valence-electron chi connectivity index (χ2n) is 6.59. The van der Waals surface area contributed by atoms with Crippen LogP contribution in [0.5, 0.6) is 0 Å². The van der Waals surface area contributed by atoms with Crippen LogP contribution in [0.15, 0.2) is 53.4 Å². The van der Waals surface area contributed by atoms with Gasteiger partial charge in [0, 0.05) is 38.6 Å². The van der Waals surface area contributed by atoms with Gasteiger partial charge in [-0.3, -0.25) is 0 Å². The number of hydrogen-bond donors (Lipinski definition) is 0. The molecule has 1 aliphatic heterocycles. The van der Waals surface area contributed by atoms with Gasteiger partial charge in [-0.2, -0.15) is 5.10 Å². The van der Waals surface area contributed by atoms with Gasteiger partial charge < -0.3 is 14.2 Å². The Kier molecular flexibility index (Phi) is 3.74. The molecule has 1 fully saturated rings. The van der Waals surface area contributed by atoms with Crippen LogP contribution in [0.25, 0.3) is 16.8 Å². The summed E-state index contributed by atoms with van der Waals surface area (Å²) in [7, 11) is 0. The summed E-state index contributed by atoms with van der Waals surface area (Å²) >= 11 is 0. The van der Waals surface area contributed by atoms with Crippen molar-refractivity contribution in [1.82, 2.24) is 25.0 Å². The molecule has 0 atom stereocenters. The predicted molar refractivity (Wildman–Crippen MR) is 102 cm³/mol. The lowest BCUT2D eigenvalue weighted by Crippen LogP contribution is -2.47. The van der Waals surface area contributed by atoms with E-state index in [9.17, 15) is 0 Å². The Hall–Kier alpha value is -3.42. The van der Waals surface area contributed by atoms with Crippen LogP contribution in [0.1, 0.15) is 5.69 Å². The number of rotatable bonds is 3. The maximum Gasteiger partial charge on any atom is 0.175 e. The Balaban J connectivity index is 1.30. The molecule has 1 saturated heterocycles. The molecular weight excluding hydrogens is 342 g/mol. The number of nitrogens with zero attached hydrogens (tertiary/aromatic N) is 7. The summed E-state index contributed by atoms with van der Waals surface area (Å²) in [4.78, 5) is 9.10. The number of fused-ring (bicyclic) bond motifs is 1. The first kappa shape index (κ1) is 15.8. The minimum atomic E-state index is 0.723. The van der Waals surface area contributed by atoms with Gasteiger partial charge in [-0.25, -0.2) is 9.67 Å². The fourth-order valence-corrected chi connectivity index (χ4v) is 3.43. The van der Waals surface area contributed by atoms with Crippen LogP contribution in [-0.4, -0.2) is 51.1 Å². The van der Waals surface area contributed by atoms with E-state index in [0.717, 1.165) is 60.3 Å². The van der Waals surface area contributed by atoms with Gasteiger partial charge in [0.15, 0.2) is 11.6 Å². The van der Waals surface area contributed by atoms with Crippen molar-refractivity contribution in [2.24, 2.45) is 0 Å². The second-order valence-corrected chi connectivity index (χ2v) is 6.59. The van der Waals surface area contributed by atoms with Gasteiger partial charge in [0.05, 0.1) is 17.3 Å². The average Bonchev–Trinajstić information content (AvgIpc) is 3.37. The number of aryl methyl sites for hydroxylation is 1. The number of hydrogen-bond acceptors (Lipinski definition) is 7. The third kappa shape index (κ3) is 2.88. The van der Waals surface area contributed by atoms with Crippen LogP contribution in [0, 0.1) is 6.92 Å². The summed E-state index contributed by atoms with van der Waals surface area (Å²) in [5.74, 6) is 2.59. The lowest BCUT2D eigenvalue weighted by molar-refractivity contribution is 0.614. The average molecular weight is 361 g/mol. The number of aromatic nitrogens is 5. The summed E-state index contributed by atoms with van der Waals surface area (Å²) in [5, 5.41) is 14.1. The zero-order chi connectivity index (χ0) is 18.2. The molecule has 8 nitrogen and oxygen atoms in total. The molecule has 1 aliphatic rings. The van der Waals surface area contributed by atoms with Gasteiger partial charge in [0.25, 0.3) is 0 Å². The Labute approximate surface area is 156 Å². The molecule has 0 radical (unpaired) electrons. The highest BCUT2D eigenvalue weighted by Gasteiger charge is 2.21. The first-order chi connectivity index (χ1) is 13.3. The number of pyridine rings is 1. The molecule has 0 aliphatic carbocycles. The molecule has 0 aromatic carbocycles. The normalized spacial score (nSPS) is 14.9. The maximum absolute atomic E-state index is 5.49.